The second-order valence-electron chi connectivity index (χ2n) is 2.13. The predicted octanol–water partition coefficient (Wildman–Crippen LogP) is 1.56. The van der Waals surface area contributed by atoms with Crippen LogP contribution in [0.25, 0.3) is 0 Å². The van der Waals surface area contributed by atoms with Crippen molar-refractivity contribution in [2.45, 2.75) is 24.2 Å². The number of hydrogen-bond donors (Lipinski definition) is 1. The number of hydrogen-bond acceptors (Lipinski definition) is 2. The van der Waals surface area contributed by atoms with Gasteiger partial charge in [0, 0.05) is 0 Å². The Morgan fingerprint density at radius 3 is 2.80 bits per heavy atom. The standard InChI is InChI=1S/C4H10N.C3H7S.Sn/c1-2-3-4-5;1-3-4-2;/h1-5H2;2-3H2,1H3;. The molecule has 0 unspecified atom stereocenters. The Bertz CT molecular complexity index is 53.6. The van der Waals surface area contributed by atoms with Crippen LogP contribution in [-0.2, 0) is 0 Å². The molecule has 2 N–H and O–H groups in total. The summed E-state index contributed by atoms with van der Waals surface area (Å²) in [5.41, 5.74) is 5.38. The molecule has 0 amide bonds. The van der Waals surface area contributed by atoms with E-state index in [-0.39, 0.29) is 21.1 Å². The van der Waals surface area contributed by atoms with Crippen molar-refractivity contribution >= 4 is 32.9 Å². The van der Waals surface area contributed by atoms with Crippen LogP contribution in [0.1, 0.15) is 19.8 Å². The minimum absolute atomic E-state index is 0.0441. The van der Waals surface area contributed by atoms with E-state index in [4.69, 9.17) is 5.73 Å². The molecular weight excluding hydrogens is 249 g/mol. The van der Waals surface area contributed by atoms with Crippen molar-refractivity contribution in [1.29, 1.82) is 0 Å². The van der Waals surface area contributed by atoms with Gasteiger partial charge in [-0.05, 0) is 0 Å². The molecule has 0 atom stereocenters. The summed E-state index contributed by atoms with van der Waals surface area (Å²) in [6, 6.07) is 0. The van der Waals surface area contributed by atoms with E-state index in [2.05, 4.69) is 18.7 Å². The average molecular weight is 266 g/mol. The molecule has 0 aromatic rings. The molecule has 10 heavy (non-hydrogen) atoms. The van der Waals surface area contributed by atoms with Gasteiger partial charge >= 0.3 is 78.9 Å². The SMILES string of the molecule is CCS[CH2][Sn][CH2]CCCN. The Balaban J connectivity index is 2.65. The summed E-state index contributed by atoms with van der Waals surface area (Å²) >= 11 is 2.15. The molecule has 0 aliphatic carbocycles. The van der Waals surface area contributed by atoms with Crippen LogP contribution in [0.15, 0.2) is 0 Å². The molecule has 3 heteroatoms. The van der Waals surface area contributed by atoms with Crippen molar-refractivity contribution in [3.8, 4) is 0 Å². The summed E-state index contributed by atoms with van der Waals surface area (Å²) in [6.07, 6.45) is 2.64. The van der Waals surface area contributed by atoms with E-state index in [1.807, 2.05) is 0 Å². The van der Waals surface area contributed by atoms with Gasteiger partial charge in [0.2, 0.25) is 0 Å². The van der Waals surface area contributed by atoms with Crippen LogP contribution < -0.4 is 5.73 Å². The fourth-order valence-corrected chi connectivity index (χ4v) is 6.78. The van der Waals surface area contributed by atoms with E-state index in [1.54, 1.807) is 0 Å². The van der Waals surface area contributed by atoms with Crippen molar-refractivity contribution in [1.82, 2.24) is 0 Å². The van der Waals surface area contributed by atoms with Crippen LogP contribution in [0.3, 0.4) is 0 Å². The Kier molecular flexibility index (Phi) is 11.2. The van der Waals surface area contributed by atoms with Crippen molar-refractivity contribution in [3.05, 3.63) is 0 Å². The Labute approximate surface area is 78.7 Å². The summed E-state index contributed by atoms with van der Waals surface area (Å²) in [7, 11) is 0. The van der Waals surface area contributed by atoms with Crippen molar-refractivity contribution in [2.24, 2.45) is 5.73 Å². The van der Waals surface area contributed by atoms with Crippen LogP contribution in [-0.4, -0.2) is 37.2 Å². The van der Waals surface area contributed by atoms with Gasteiger partial charge in [0.25, 0.3) is 0 Å². The first kappa shape index (κ1) is 11.1. The Morgan fingerprint density at radius 2 is 2.20 bits per heavy atom. The fourth-order valence-electron chi connectivity index (χ4n) is 0.641. The molecule has 0 aromatic heterocycles. The Hall–Kier alpha value is 1.11. The summed E-state index contributed by atoms with van der Waals surface area (Å²) < 4.78 is 3.04. The van der Waals surface area contributed by atoms with Crippen LogP contribution in [0.2, 0.25) is 4.44 Å². The second-order valence-corrected chi connectivity index (χ2v) is 8.73. The molecule has 0 rings (SSSR count). The molecule has 0 aromatic carbocycles. The molecule has 0 saturated carbocycles. The molecule has 0 bridgehead atoms. The molecule has 0 heterocycles. The first-order chi connectivity index (χ1) is 4.91. The van der Waals surface area contributed by atoms with Gasteiger partial charge in [0.05, 0.1) is 0 Å². The van der Waals surface area contributed by atoms with E-state index < -0.39 is 0 Å². The zero-order valence-corrected chi connectivity index (χ0v) is 10.4. The van der Waals surface area contributed by atoms with E-state index in [0.29, 0.717) is 0 Å². The van der Waals surface area contributed by atoms with E-state index in [9.17, 15) is 0 Å². The van der Waals surface area contributed by atoms with Gasteiger partial charge in [-0.2, -0.15) is 0 Å². The van der Waals surface area contributed by atoms with Gasteiger partial charge in [-0.1, -0.05) is 0 Å². The topological polar surface area (TPSA) is 26.0 Å². The quantitative estimate of drug-likeness (QED) is 0.559. The number of nitrogens with two attached hydrogens (primary N) is 1. The molecule has 0 aliphatic heterocycles. The number of rotatable bonds is 7. The summed E-state index contributed by atoms with van der Waals surface area (Å²) in [5, 5.41) is 0. The number of thioether (sulfide) groups is 1. The normalized spacial score (nSPS) is 10.2. The molecule has 0 saturated heterocycles. The number of unbranched alkanes of at least 4 members (excludes halogenated alkanes) is 1. The van der Waals surface area contributed by atoms with Gasteiger partial charge in [-0.25, -0.2) is 0 Å². The zero-order valence-electron chi connectivity index (χ0n) is 6.73. The average Bonchev–Trinajstić information content (AvgIpc) is 1.97. The first-order valence-corrected chi connectivity index (χ1v) is 9.09. The van der Waals surface area contributed by atoms with Crippen LogP contribution in [0, 0.1) is 0 Å². The summed E-state index contributed by atoms with van der Waals surface area (Å²) in [4.78, 5) is 0. The van der Waals surface area contributed by atoms with Gasteiger partial charge < -0.3 is 0 Å². The van der Waals surface area contributed by atoms with Crippen molar-refractivity contribution in [2.75, 3.05) is 16.1 Å². The van der Waals surface area contributed by atoms with Crippen LogP contribution in [0.5, 0.6) is 0 Å². The molecule has 1 nitrogen and oxygen atoms in total. The second kappa shape index (κ2) is 10.1. The van der Waals surface area contributed by atoms with Gasteiger partial charge in [0.1, 0.15) is 0 Å². The van der Waals surface area contributed by atoms with Crippen LogP contribution in [0.4, 0.5) is 0 Å². The molecule has 60 valence electrons. The molecule has 0 aliphatic rings. The third kappa shape index (κ3) is 9.11. The third-order valence-electron chi connectivity index (χ3n) is 1.22. The molecule has 2 radical (unpaired) electrons. The van der Waals surface area contributed by atoms with Gasteiger partial charge in [-0.15, -0.1) is 0 Å². The van der Waals surface area contributed by atoms with Gasteiger partial charge in [-0.3, -0.25) is 0 Å². The fraction of sp³-hybridized carbons (Fsp3) is 1.00. The van der Waals surface area contributed by atoms with Crippen molar-refractivity contribution < 1.29 is 0 Å². The maximum absolute atomic E-state index is 5.38. The zero-order chi connectivity index (χ0) is 7.66. The first-order valence-electron chi connectivity index (χ1n) is 3.90. The molecule has 0 spiro atoms. The van der Waals surface area contributed by atoms with Gasteiger partial charge in [0.15, 0.2) is 0 Å². The molecular formula is C7H17NSSn. The Morgan fingerprint density at radius 1 is 1.40 bits per heavy atom. The third-order valence-corrected chi connectivity index (χ3v) is 7.55. The monoisotopic (exact) mass is 267 g/mol. The summed E-state index contributed by atoms with van der Waals surface area (Å²) in [5.74, 6) is 1.30. The van der Waals surface area contributed by atoms with Crippen molar-refractivity contribution in [3.63, 3.8) is 0 Å². The van der Waals surface area contributed by atoms with E-state index >= 15 is 0 Å². The van der Waals surface area contributed by atoms with Crippen LogP contribution >= 0.6 is 11.8 Å². The maximum atomic E-state index is 5.38. The summed E-state index contributed by atoms with van der Waals surface area (Å²) in [6.45, 7) is 3.13. The van der Waals surface area contributed by atoms with E-state index in [0.717, 1.165) is 6.54 Å². The minimum atomic E-state index is 0.0441. The predicted molar refractivity (Wildman–Crippen MR) is 51.8 cm³/mol. The molecule has 0 fully saturated rings. The van der Waals surface area contributed by atoms with E-state index in [1.165, 1.54) is 26.8 Å².